The summed E-state index contributed by atoms with van der Waals surface area (Å²) in [7, 11) is -4.54. The maximum Gasteiger partial charge on any atom is 0.416 e. The first-order valence-electron chi connectivity index (χ1n) is 9.37. The zero-order valence-electron chi connectivity index (χ0n) is 16.7. The minimum Gasteiger partial charge on any atom is -0.383 e. The van der Waals surface area contributed by atoms with Gasteiger partial charge in [-0.2, -0.15) is 13.2 Å². The highest BCUT2D eigenvalue weighted by Crippen LogP contribution is 2.35. The number of nitrogens with zero attached hydrogens (tertiary/aromatic N) is 1. The lowest BCUT2D eigenvalue weighted by Gasteiger charge is -2.16. The molecule has 2 aromatic heterocycles. The number of rotatable bonds is 5. The van der Waals surface area contributed by atoms with Crippen LogP contribution in [0.4, 0.5) is 27.6 Å². The molecule has 3 N–H and O–H groups in total. The molecular formula is C21H13ClF5N3O3S. The van der Waals surface area contributed by atoms with E-state index in [1.54, 1.807) is 0 Å². The summed E-state index contributed by atoms with van der Waals surface area (Å²) in [6, 6.07) is 5.46. The maximum atomic E-state index is 15.2. The van der Waals surface area contributed by atoms with E-state index in [0.717, 1.165) is 12.1 Å². The Bertz CT molecular complexity index is 1490. The van der Waals surface area contributed by atoms with Crippen LogP contribution in [0.25, 0.3) is 11.0 Å². The van der Waals surface area contributed by atoms with Crippen molar-refractivity contribution in [2.24, 2.45) is 0 Å². The number of aliphatic hydroxyl groups excluding tert-OH is 1. The van der Waals surface area contributed by atoms with Gasteiger partial charge in [0, 0.05) is 23.3 Å². The number of H-pyrrole nitrogens is 1. The average Bonchev–Trinajstić information content (AvgIpc) is 3.18. The zero-order valence-corrected chi connectivity index (χ0v) is 18.2. The van der Waals surface area contributed by atoms with Gasteiger partial charge in [0.05, 0.1) is 26.7 Å². The van der Waals surface area contributed by atoms with Gasteiger partial charge in [-0.1, -0.05) is 11.6 Å². The molecule has 0 aliphatic rings. The Morgan fingerprint density at radius 3 is 2.41 bits per heavy atom. The average molecular weight is 518 g/mol. The molecule has 0 amide bonds. The first-order valence-corrected chi connectivity index (χ1v) is 11.2. The van der Waals surface area contributed by atoms with Crippen molar-refractivity contribution in [2.45, 2.75) is 17.2 Å². The number of pyridine rings is 1. The fourth-order valence-corrected chi connectivity index (χ4v) is 4.52. The van der Waals surface area contributed by atoms with E-state index >= 15 is 4.39 Å². The third-order valence-corrected chi connectivity index (χ3v) is 6.55. The summed E-state index contributed by atoms with van der Waals surface area (Å²) in [5.74, 6) is -2.57. The maximum absolute atomic E-state index is 15.2. The van der Waals surface area contributed by atoms with Gasteiger partial charge in [-0.25, -0.2) is 22.2 Å². The van der Waals surface area contributed by atoms with Crippen LogP contribution < -0.4 is 4.72 Å². The van der Waals surface area contributed by atoms with Gasteiger partial charge in [0.15, 0.2) is 5.82 Å². The lowest BCUT2D eigenvalue weighted by molar-refractivity contribution is -0.137. The van der Waals surface area contributed by atoms with E-state index in [0.29, 0.717) is 29.9 Å². The van der Waals surface area contributed by atoms with Gasteiger partial charge in [-0.3, -0.25) is 4.72 Å². The second kappa shape index (κ2) is 8.53. The van der Waals surface area contributed by atoms with E-state index in [9.17, 15) is 31.1 Å². The number of aromatic nitrogens is 2. The number of hydrogen-bond donors (Lipinski definition) is 3. The van der Waals surface area contributed by atoms with Crippen LogP contribution in [0.2, 0.25) is 5.02 Å². The molecule has 0 spiro atoms. The normalized spacial score (nSPS) is 13.3. The largest absolute Gasteiger partial charge is 0.416 e. The van der Waals surface area contributed by atoms with Crippen LogP contribution in [-0.4, -0.2) is 23.5 Å². The van der Waals surface area contributed by atoms with Crippen LogP contribution in [0.5, 0.6) is 0 Å². The van der Waals surface area contributed by atoms with Gasteiger partial charge in [0.25, 0.3) is 10.0 Å². The minimum atomic E-state index is -4.67. The van der Waals surface area contributed by atoms with Crippen LogP contribution in [0.15, 0.2) is 59.8 Å². The van der Waals surface area contributed by atoms with Crippen LogP contribution >= 0.6 is 11.6 Å². The summed E-state index contributed by atoms with van der Waals surface area (Å²) in [5.41, 5.74) is -2.32. The number of hydrogen-bond acceptors (Lipinski definition) is 4. The zero-order chi connectivity index (χ0) is 24.8. The molecule has 34 heavy (non-hydrogen) atoms. The van der Waals surface area contributed by atoms with Gasteiger partial charge in [-0.15, -0.1) is 0 Å². The van der Waals surface area contributed by atoms with E-state index in [2.05, 4.69) is 9.97 Å². The highest BCUT2D eigenvalue weighted by molar-refractivity contribution is 7.92. The predicted molar refractivity (Wildman–Crippen MR) is 114 cm³/mol. The molecule has 1 atom stereocenters. The number of halogens is 6. The Kier molecular flexibility index (Phi) is 6.00. The van der Waals surface area contributed by atoms with Crippen molar-refractivity contribution in [3.8, 4) is 0 Å². The SMILES string of the molecule is O=S(=O)(Nc1ccc(F)c(C(O)c2c[nH]c3ncc(Cl)cc23)c1F)c1ccc(C(F)(F)F)cc1. The van der Waals surface area contributed by atoms with E-state index in [1.165, 1.54) is 18.5 Å². The molecule has 0 aliphatic carbocycles. The Morgan fingerprint density at radius 1 is 1.09 bits per heavy atom. The van der Waals surface area contributed by atoms with Gasteiger partial charge in [0.2, 0.25) is 0 Å². The lowest BCUT2D eigenvalue weighted by Crippen LogP contribution is -2.16. The molecule has 1 unspecified atom stereocenters. The van der Waals surface area contributed by atoms with Crippen molar-refractivity contribution in [1.29, 1.82) is 0 Å². The molecule has 4 aromatic rings. The van der Waals surface area contributed by atoms with Crippen LogP contribution in [0, 0.1) is 11.6 Å². The summed E-state index contributed by atoms with van der Waals surface area (Å²) >= 11 is 5.91. The molecule has 4 rings (SSSR count). The molecule has 2 aromatic carbocycles. The Labute approximate surface area is 194 Å². The van der Waals surface area contributed by atoms with Crippen LogP contribution in [0.3, 0.4) is 0 Å². The first kappa shape index (κ1) is 23.9. The summed E-state index contributed by atoms with van der Waals surface area (Å²) < 4.78 is 94.9. The Morgan fingerprint density at radius 2 is 1.76 bits per heavy atom. The van der Waals surface area contributed by atoms with Gasteiger partial charge >= 0.3 is 6.18 Å². The first-order chi connectivity index (χ1) is 15.9. The third kappa shape index (κ3) is 4.43. The number of aromatic amines is 1. The quantitative estimate of drug-likeness (QED) is 0.309. The molecule has 0 fully saturated rings. The molecule has 0 bridgehead atoms. The minimum absolute atomic E-state index is 0.0329. The van der Waals surface area contributed by atoms with E-state index in [-0.39, 0.29) is 16.0 Å². The molecule has 6 nitrogen and oxygen atoms in total. The number of anilines is 1. The summed E-state index contributed by atoms with van der Waals surface area (Å²) in [5, 5.41) is 11.2. The fraction of sp³-hybridized carbons (Fsp3) is 0.0952. The van der Waals surface area contributed by atoms with Crippen molar-refractivity contribution >= 4 is 38.3 Å². The van der Waals surface area contributed by atoms with Crippen molar-refractivity contribution in [3.05, 3.63) is 88.2 Å². The third-order valence-electron chi connectivity index (χ3n) is 4.96. The van der Waals surface area contributed by atoms with Crippen molar-refractivity contribution in [2.75, 3.05) is 4.72 Å². The van der Waals surface area contributed by atoms with E-state index in [1.807, 2.05) is 4.72 Å². The molecule has 178 valence electrons. The van der Waals surface area contributed by atoms with Crippen LogP contribution in [0.1, 0.15) is 22.8 Å². The second-order valence-electron chi connectivity index (χ2n) is 7.15. The van der Waals surface area contributed by atoms with E-state index in [4.69, 9.17) is 11.6 Å². The smallest absolute Gasteiger partial charge is 0.383 e. The Balaban J connectivity index is 1.70. The molecule has 0 saturated carbocycles. The summed E-state index contributed by atoms with van der Waals surface area (Å²) in [6.07, 6.45) is -3.94. The van der Waals surface area contributed by atoms with Gasteiger partial charge in [0.1, 0.15) is 17.6 Å². The van der Waals surface area contributed by atoms with E-state index < -0.39 is 55.6 Å². The number of fused-ring (bicyclic) bond motifs is 1. The standard InChI is InChI=1S/C21H13ClF5N3O3S/c22-11-7-13-14(9-29-20(13)28-8-11)19(31)17-15(23)5-6-16(18(17)24)30-34(32,33)12-3-1-10(2-4-12)21(25,26)27/h1-9,19,30-31H,(H,28,29). The highest BCUT2D eigenvalue weighted by atomic mass is 35.5. The molecule has 0 aliphatic heterocycles. The summed E-state index contributed by atoms with van der Waals surface area (Å²) in [4.78, 5) is 6.14. The molecular weight excluding hydrogens is 505 g/mol. The number of alkyl halides is 3. The second-order valence-corrected chi connectivity index (χ2v) is 9.27. The number of sulfonamides is 1. The molecule has 0 radical (unpaired) electrons. The van der Waals surface area contributed by atoms with Crippen molar-refractivity contribution < 1.29 is 35.5 Å². The molecule has 13 heteroatoms. The topological polar surface area (TPSA) is 95.1 Å². The monoisotopic (exact) mass is 517 g/mol. The predicted octanol–water partition coefficient (Wildman–Crippen LogP) is 5.40. The summed E-state index contributed by atoms with van der Waals surface area (Å²) in [6.45, 7) is 0. The van der Waals surface area contributed by atoms with Crippen molar-refractivity contribution in [3.63, 3.8) is 0 Å². The number of nitrogens with one attached hydrogen (secondary N) is 2. The lowest BCUT2D eigenvalue weighted by atomic mass is 10.00. The molecule has 0 saturated heterocycles. The van der Waals surface area contributed by atoms with Gasteiger partial charge < -0.3 is 10.1 Å². The van der Waals surface area contributed by atoms with Crippen molar-refractivity contribution in [1.82, 2.24) is 9.97 Å². The Hall–Kier alpha value is -3.22. The molecule has 2 heterocycles. The number of benzene rings is 2. The van der Waals surface area contributed by atoms with Gasteiger partial charge in [-0.05, 0) is 42.5 Å². The van der Waals surface area contributed by atoms with Crippen LogP contribution in [-0.2, 0) is 16.2 Å². The highest BCUT2D eigenvalue weighted by Gasteiger charge is 2.31. The fourth-order valence-electron chi connectivity index (χ4n) is 3.31. The number of aliphatic hydroxyl groups is 1.